The number of sulfonamides is 1. The molecule has 26 heavy (non-hydrogen) atoms. The fourth-order valence-corrected chi connectivity index (χ4v) is 4.26. The third kappa shape index (κ3) is 3.71. The molecular formula is C17H14ClFN2O4S. The SMILES string of the molecule is O=C(NCc1ccc(F)cc1)c1ccc(Cl)c(N2C(=O)CCS2(=O)=O)c1. The van der Waals surface area contributed by atoms with E-state index in [0.29, 0.717) is 9.87 Å². The van der Waals surface area contributed by atoms with Crippen molar-refractivity contribution in [2.24, 2.45) is 0 Å². The maximum Gasteiger partial charge on any atom is 0.251 e. The van der Waals surface area contributed by atoms with Crippen LogP contribution in [0.3, 0.4) is 0 Å². The number of anilines is 1. The van der Waals surface area contributed by atoms with Crippen LogP contribution in [-0.2, 0) is 21.4 Å². The molecular weight excluding hydrogens is 383 g/mol. The summed E-state index contributed by atoms with van der Waals surface area (Å²) in [6, 6.07) is 9.71. The van der Waals surface area contributed by atoms with Crippen LogP contribution in [0.1, 0.15) is 22.3 Å². The van der Waals surface area contributed by atoms with Crippen molar-refractivity contribution in [1.29, 1.82) is 0 Å². The first-order valence-electron chi connectivity index (χ1n) is 7.66. The highest BCUT2D eigenvalue weighted by atomic mass is 35.5. The van der Waals surface area contributed by atoms with Crippen molar-refractivity contribution in [2.75, 3.05) is 10.1 Å². The smallest absolute Gasteiger partial charge is 0.251 e. The maximum absolute atomic E-state index is 12.9. The van der Waals surface area contributed by atoms with E-state index in [-0.39, 0.29) is 40.8 Å². The Hall–Kier alpha value is -2.45. The molecule has 0 aliphatic carbocycles. The summed E-state index contributed by atoms with van der Waals surface area (Å²) >= 11 is 6.04. The summed E-state index contributed by atoms with van der Waals surface area (Å²) in [5.41, 5.74) is 0.816. The zero-order valence-corrected chi connectivity index (χ0v) is 15.0. The Morgan fingerprint density at radius 2 is 1.88 bits per heavy atom. The molecule has 2 aromatic carbocycles. The third-order valence-corrected chi connectivity index (χ3v) is 5.87. The molecule has 1 fully saturated rings. The normalized spacial score (nSPS) is 15.9. The van der Waals surface area contributed by atoms with Crippen LogP contribution in [0.5, 0.6) is 0 Å². The summed E-state index contributed by atoms with van der Waals surface area (Å²) in [4.78, 5) is 24.2. The summed E-state index contributed by atoms with van der Waals surface area (Å²) in [5.74, 6) is -1.73. The number of hydrogen-bond acceptors (Lipinski definition) is 4. The molecule has 1 saturated heterocycles. The van der Waals surface area contributed by atoms with Crippen molar-refractivity contribution in [3.8, 4) is 0 Å². The first kappa shape index (κ1) is 18.3. The van der Waals surface area contributed by atoms with Gasteiger partial charge in [0.2, 0.25) is 15.9 Å². The molecule has 1 heterocycles. The quantitative estimate of drug-likeness (QED) is 0.860. The van der Waals surface area contributed by atoms with E-state index >= 15 is 0 Å². The molecule has 0 radical (unpaired) electrons. The molecule has 0 unspecified atom stereocenters. The van der Waals surface area contributed by atoms with Crippen molar-refractivity contribution in [1.82, 2.24) is 5.32 Å². The molecule has 0 bridgehead atoms. The van der Waals surface area contributed by atoms with Crippen LogP contribution >= 0.6 is 11.6 Å². The van der Waals surface area contributed by atoms with Crippen LogP contribution in [-0.4, -0.2) is 26.0 Å². The number of carbonyl (C=O) groups is 2. The van der Waals surface area contributed by atoms with E-state index in [0.717, 1.165) is 0 Å². The highest BCUT2D eigenvalue weighted by Crippen LogP contribution is 2.32. The highest BCUT2D eigenvalue weighted by molar-refractivity contribution is 7.94. The summed E-state index contributed by atoms with van der Waals surface area (Å²) in [6.45, 7) is 0.165. The third-order valence-electron chi connectivity index (χ3n) is 3.87. The maximum atomic E-state index is 12.9. The van der Waals surface area contributed by atoms with Crippen molar-refractivity contribution < 1.29 is 22.4 Å². The van der Waals surface area contributed by atoms with E-state index in [4.69, 9.17) is 11.6 Å². The van der Waals surface area contributed by atoms with E-state index in [1.165, 1.54) is 30.3 Å². The van der Waals surface area contributed by atoms with Crippen molar-refractivity contribution in [3.63, 3.8) is 0 Å². The predicted molar refractivity (Wildman–Crippen MR) is 94.9 cm³/mol. The van der Waals surface area contributed by atoms with Gasteiger partial charge in [-0.2, -0.15) is 0 Å². The average Bonchev–Trinajstić information content (AvgIpc) is 2.87. The lowest BCUT2D eigenvalue weighted by Crippen LogP contribution is -2.30. The largest absolute Gasteiger partial charge is 0.348 e. The van der Waals surface area contributed by atoms with Gasteiger partial charge in [0.15, 0.2) is 0 Å². The molecule has 1 aliphatic heterocycles. The minimum atomic E-state index is -3.78. The van der Waals surface area contributed by atoms with Crippen molar-refractivity contribution in [3.05, 3.63) is 64.4 Å². The second-order valence-electron chi connectivity index (χ2n) is 5.70. The molecule has 0 atom stereocenters. The Morgan fingerprint density at radius 1 is 1.19 bits per heavy atom. The zero-order chi connectivity index (χ0) is 18.9. The van der Waals surface area contributed by atoms with Gasteiger partial charge in [0.25, 0.3) is 5.91 Å². The second kappa shape index (κ2) is 7.05. The predicted octanol–water partition coefficient (Wildman–Crippen LogP) is 2.48. The Morgan fingerprint density at radius 3 is 2.50 bits per heavy atom. The Kier molecular flexibility index (Phi) is 4.97. The van der Waals surface area contributed by atoms with Gasteiger partial charge >= 0.3 is 0 Å². The molecule has 6 nitrogen and oxygen atoms in total. The Bertz CT molecular complexity index is 977. The summed E-state index contributed by atoms with van der Waals surface area (Å²) in [6.07, 6.45) is -0.125. The molecule has 1 aliphatic rings. The minimum Gasteiger partial charge on any atom is -0.348 e. The number of amides is 2. The van der Waals surface area contributed by atoms with Crippen LogP contribution in [0, 0.1) is 5.82 Å². The zero-order valence-electron chi connectivity index (χ0n) is 13.4. The van der Waals surface area contributed by atoms with Gasteiger partial charge < -0.3 is 5.32 Å². The van der Waals surface area contributed by atoms with Crippen LogP contribution in [0.15, 0.2) is 42.5 Å². The molecule has 3 rings (SSSR count). The van der Waals surface area contributed by atoms with Gasteiger partial charge in [-0.3, -0.25) is 9.59 Å². The van der Waals surface area contributed by atoms with E-state index in [1.807, 2.05) is 0 Å². The molecule has 136 valence electrons. The first-order valence-corrected chi connectivity index (χ1v) is 9.65. The number of halogens is 2. The Labute approximate surface area is 154 Å². The van der Waals surface area contributed by atoms with Gasteiger partial charge in [-0.15, -0.1) is 0 Å². The monoisotopic (exact) mass is 396 g/mol. The van der Waals surface area contributed by atoms with Crippen LogP contribution in [0.4, 0.5) is 10.1 Å². The number of nitrogens with zero attached hydrogens (tertiary/aromatic N) is 1. The fourth-order valence-electron chi connectivity index (χ4n) is 2.54. The van der Waals surface area contributed by atoms with E-state index in [1.54, 1.807) is 12.1 Å². The average molecular weight is 397 g/mol. The number of benzene rings is 2. The Balaban J connectivity index is 1.81. The number of nitrogens with one attached hydrogen (secondary N) is 1. The van der Waals surface area contributed by atoms with Crippen molar-refractivity contribution >= 4 is 39.1 Å². The van der Waals surface area contributed by atoms with E-state index in [9.17, 15) is 22.4 Å². The highest BCUT2D eigenvalue weighted by Gasteiger charge is 2.37. The van der Waals surface area contributed by atoms with Crippen molar-refractivity contribution in [2.45, 2.75) is 13.0 Å². The molecule has 1 N–H and O–H groups in total. The fraction of sp³-hybridized carbons (Fsp3) is 0.176. The van der Waals surface area contributed by atoms with Crippen LogP contribution in [0.25, 0.3) is 0 Å². The molecule has 9 heteroatoms. The number of carbonyl (C=O) groups excluding carboxylic acids is 2. The summed E-state index contributed by atoms with van der Waals surface area (Å²) in [5, 5.41) is 2.70. The lowest BCUT2D eigenvalue weighted by molar-refractivity contribution is -0.116. The molecule has 0 aromatic heterocycles. The van der Waals surface area contributed by atoms with Gasteiger partial charge in [0, 0.05) is 18.5 Å². The summed E-state index contributed by atoms with van der Waals surface area (Å²) < 4.78 is 37.7. The molecule has 0 spiro atoms. The van der Waals surface area contributed by atoms with Gasteiger partial charge in [-0.05, 0) is 35.9 Å². The van der Waals surface area contributed by atoms with Gasteiger partial charge in [0.1, 0.15) is 5.82 Å². The van der Waals surface area contributed by atoms with E-state index in [2.05, 4.69) is 5.32 Å². The number of hydrogen-bond donors (Lipinski definition) is 1. The summed E-state index contributed by atoms with van der Waals surface area (Å²) in [7, 11) is -3.78. The standard InChI is InChI=1S/C17H14ClFN2O4S/c18-14-6-3-12(9-15(14)21-16(22)7-8-26(21,24)25)17(23)20-10-11-1-4-13(19)5-2-11/h1-6,9H,7-8,10H2,(H,20,23). The number of rotatable bonds is 4. The topological polar surface area (TPSA) is 83.6 Å². The van der Waals surface area contributed by atoms with Gasteiger partial charge in [-0.25, -0.2) is 17.1 Å². The van der Waals surface area contributed by atoms with Crippen LogP contribution in [0.2, 0.25) is 5.02 Å². The van der Waals surface area contributed by atoms with Crippen LogP contribution < -0.4 is 9.62 Å². The van der Waals surface area contributed by atoms with Gasteiger partial charge in [0.05, 0.1) is 16.5 Å². The first-order chi connectivity index (χ1) is 12.3. The molecule has 0 saturated carbocycles. The molecule has 2 amide bonds. The second-order valence-corrected chi connectivity index (χ2v) is 8.04. The lowest BCUT2D eigenvalue weighted by atomic mass is 10.1. The van der Waals surface area contributed by atoms with E-state index < -0.39 is 21.8 Å². The minimum absolute atomic E-state index is 0.0383. The molecule has 2 aromatic rings. The lowest BCUT2D eigenvalue weighted by Gasteiger charge is -2.17. The van der Waals surface area contributed by atoms with Gasteiger partial charge in [-0.1, -0.05) is 23.7 Å².